The van der Waals surface area contributed by atoms with Crippen LogP contribution < -0.4 is 16.4 Å². The number of hydrogen-bond acceptors (Lipinski definition) is 3. The summed E-state index contributed by atoms with van der Waals surface area (Å²) in [5, 5.41) is 5.68. The van der Waals surface area contributed by atoms with Crippen molar-refractivity contribution in [3.8, 4) is 0 Å². The number of nitrogens with two attached hydrogens (primary N) is 1. The third kappa shape index (κ3) is 2.97. The Kier molecular flexibility index (Phi) is 3.66. The topological polar surface area (TPSA) is 84.2 Å². The molecular weight excluding hydrogens is 218 g/mol. The summed E-state index contributed by atoms with van der Waals surface area (Å²) in [5.74, 6) is 0.509. The van der Waals surface area contributed by atoms with Gasteiger partial charge in [0.15, 0.2) is 0 Å². The van der Waals surface area contributed by atoms with Gasteiger partial charge in [0, 0.05) is 24.9 Å². The Morgan fingerprint density at radius 3 is 2.82 bits per heavy atom. The molecule has 5 nitrogen and oxygen atoms in total. The molecule has 0 aromatic rings. The molecule has 2 aliphatic rings. The lowest BCUT2D eigenvalue weighted by atomic mass is 9.77. The van der Waals surface area contributed by atoms with E-state index in [9.17, 15) is 9.59 Å². The van der Waals surface area contributed by atoms with Crippen molar-refractivity contribution in [3.05, 3.63) is 0 Å². The van der Waals surface area contributed by atoms with Crippen molar-refractivity contribution in [2.75, 3.05) is 6.54 Å². The highest BCUT2D eigenvalue weighted by molar-refractivity contribution is 5.83. The van der Waals surface area contributed by atoms with Crippen LogP contribution in [0.15, 0.2) is 0 Å². The molecule has 4 N–H and O–H groups in total. The summed E-state index contributed by atoms with van der Waals surface area (Å²) < 4.78 is 0. The summed E-state index contributed by atoms with van der Waals surface area (Å²) in [6.45, 7) is 2.65. The number of carbonyl (C=O) groups excluding carboxylic acids is 2. The van der Waals surface area contributed by atoms with Gasteiger partial charge >= 0.3 is 0 Å². The zero-order valence-corrected chi connectivity index (χ0v) is 10.2. The van der Waals surface area contributed by atoms with Crippen LogP contribution in [0.4, 0.5) is 0 Å². The molecule has 0 radical (unpaired) electrons. The van der Waals surface area contributed by atoms with Crippen LogP contribution in [0, 0.1) is 11.8 Å². The van der Waals surface area contributed by atoms with Gasteiger partial charge in [-0.05, 0) is 25.2 Å². The molecule has 2 rings (SSSR count). The molecule has 4 atom stereocenters. The predicted molar refractivity (Wildman–Crippen MR) is 64.0 cm³/mol. The molecular formula is C12H21N3O2. The molecule has 2 fully saturated rings. The minimum atomic E-state index is -0.0298. The van der Waals surface area contributed by atoms with E-state index in [0.717, 1.165) is 19.3 Å². The highest BCUT2D eigenvalue weighted by Crippen LogP contribution is 2.29. The summed E-state index contributed by atoms with van der Waals surface area (Å²) in [6.07, 6.45) is 3.11. The zero-order chi connectivity index (χ0) is 12.4. The molecule has 1 heterocycles. The zero-order valence-electron chi connectivity index (χ0n) is 10.2. The van der Waals surface area contributed by atoms with Crippen LogP contribution in [-0.2, 0) is 9.59 Å². The van der Waals surface area contributed by atoms with E-state index in [1.165, 1.54) is 0 Å². The van der Waals surface area contributed by atoms with Gasteiger partial charge in [0.25, 0.3) is 0 Å². The van der Waals surface area contributed by atoms with Gasteiger partial charge in [-0.25, -0.2) is 0 Å². The lowest BCUT2D eigenvalue weighted by Crippen LogP contribution is -2.45. The minimum Gasteiger partial charge on any atom is -0.354 e. The number of amides is 2. The van der Waals surface area contributed by atoms with Gasteiger partial charge in [-0.1, -0.05) is 6.92 Å². The molecule has 2 amide bonds. The average molecular weight is 239 g/mol. The van der Waals surface area contributed by atoms with E-state index in [2.05, 4.69) is 17.6 Å². The van der Waals surface area contributed by atoms with Crippen LogP contribution in [0.25, 0.3) is 0 Å². The van der Waals surface area contributed by atoms with E-state index >= 15 is 0 Å². The molecule has 0 bridgehead atoms. The second-order valence-electron chi connectivity index (χ2n) is 5.37. The number of carbonyl (C=O) groups is 2. The Balaban J connectivity index is 1.85. The lowest BCUT2D eigenvalue weighted by Gasteiger charge is -2.32. The van der Waals surface area contributed by atoms with Crippen LogP contribution in [-0.4, -0.2) is 30.4 Å². The highest BCUT2D eigenvalue weighted by atomic mass is 16.2. The van der Waals surface area contributed by atoms with Crippen molar-refractivity contribution < 1.29 is 9.59 Å². The second-order valence-corrected chi connectivity index (χ2v) is 5.37. The summed E-state index contributed by atoms with van der Waals surface area (Å²) in [5.41, 5.74) is 5.88. The minimum absolute atomic E-state index is 0.0222. The van der Waals surface area contributed by atoms with Crippen LogP contribution in [0.1, 0.15) is 32.6 Å². The Morgan fingerprint density at radius 2 is 2.24 bits per heavy atom. The van der Waals surface area contributed by atoms with Crippen molar-refractivity contribution in [3.63, 3.8) is 0 Å². The first-order valence-electron chi connectivity index (χ1n) is 6.39. The van der Waals surface area contributed by atoms with Crippen LogP contribution in [0.5, 0.6) is 0 Å². The third-order valence-electron chi connectivity index (χ3n) is 3.87. The van der Waals surface area contributed by atoms with Crippen molar-refractivity contribution in [1.29, 1.82) is 0 Å². The predicted octanol–water partition coefficient (Wildman–Crippen LogP) is -0.245. The molecule has 1 saturated carbocycles. The molecule has 0 aromatic carbocycles. The van der Waals surface area contributed by atoms with E-state index in [1.54, 1.807) is 0 Å². The monoisotopic (exact) mass is 239 g/mol. The molecule has 1 aliphatic carbocycles. The third-order valence-corrected chi connectivity index (χ3v) is 3.87. The standard InChI is InChI=1S/C12H21N3O2/c1-7-4-8(13)2-3-10(7)12(17)15-9-5-11(16)14-6-9/h7-10H,2-6,13H2,1H3,(H,14,16)(H,15,17). The number of rotatable bonds is 2. The van der Waals surface area contributed by atoms with Gasteiger partial charge < -0.3 is 16.4 Å². The molecule has 17 heavy (non-hydrogen) atoms. The van der Waals surface area contributed by atoms with Gasteiger partial charge in [-0.3, -0.25) is 9.59 Å². The SMILES string of the molecule is CC1CC(N)CCC1C(=O)NC1CNC(=O)C1. The first-order chi connectivity index (χ1) is 8.06. The Bertz CT molecular complexity index is 319. The number of hydrogen-bond donors (Lipinski definition) is 3. The average Bonchev–Trinajstić information content (AvgIpc) is 2.63. The summed E-state index contributed by atoms with van der Waals surface area (Å²) >= 11 is 0. The number of nitrogens with one attached hydrogen (secondary N) is 2. The van der Waals surface area contributed by atoms with Crippen molar-refractivity contribution in [2.24, 2.45) is 17.6 Å². The van der Waals surface area contributed by atoms with Crippen molar-refractivity contribution in [1.82, 2.24) is 10.6 Å². The summed E-state index contributed by atoms with van der Waals surface area (Å²) in [7, 11) is 0. The maximum Gasteiger partial charge on any atom is 0.223 e. The largest absolute Gasteiger partial charge is 0.354 e. The highest BCUT2D eigenvalue weighted by Gasteiger charge is 2.33. The fourth-order valence-electron chi connectivity index (χ4n) is 2.84. The summed E-state index contributed by atoms with van der Waals surface area (Å²) in [6, 6.07) is 0.210. The first-order valence-corrected chi connectivity index (χ1v) is 6.39. The van der Waals surface area contributed by atoms with Gasteiger partial charge in [-0.15, -0.1) is 0 Å². The Morgan fingerprint density at radius 1 is 1.47 bits per heavy atom. The first kappa shape index (κ1) is 12.4. The Labute approximate surface area is 102 Å². The fourth-order valence-corrected chi connectivity index (χ4v) is 2.84. The Hall–Kier alpha value is -1.10. The van der Waals surface area contributed by atoms with Gasteiger partial charge in [0.05, 0.1) is 6.04 Å². The van der Waals surface area contributed by atoms with E-state index < -0.39 is 0 Å². The van der Waals surface area contributed by atoms with Crippen molar-refractivity contribution >= 4 is 11.8 Å². The van der Waals surface area contributed by atoms with E-state index in [1.807, 2.05) is 0 Å². The van der Waals surface area contributed by atoms with E-state index in [4.69, 9.17) is 5.73 Å². The molecule has 96 valence electrons. The normalized spacial score (nSPS) is 37.6. The van der Waals surface area contributed by atoms with E-state index in [-0.39, 0.29) is 29.8 Å². The van der Waals surface area contributed by atoms with Crippen LogP contribution in [0.2, 0.25) is 0 Å². The molecule has 0 spiro atoms. The van der Waals surface area contributed by atoms with Crippen molar-refractivity contribution in [2.45, 2.75) is 44.7 Å². The van der Waals surface area contributed by atoms with E-state index in [0.29, 0.717) is 18.9 Å². The molecule has 4 unspecified atom stereocenters. The van der Waals surface area contributed by atoms with Gasteiger partial charge in [-0.2, -0.15) is 0 Å². The maximum atomic E-state index is 12.1. The smallest absolute Gasteiger partial charge is 0.223 e. The molecule has 1 aliphatic heterocycles. The summed E-state index contributed by atoms with van der Waals surface area (Å²) in [4.78, 5) is 23.1. The molecule has 0 aromatic heterocycles. The van der Waals surface area contributed by atoms with Crippen LogP contribution >= 0.6 is 0 Å². The quantitative estimate of drug-likeness (QED) is 0.621. The van der Waals surface area contributed by atoms with Gasteiger partial charge in [0.2, 0.25) is 11.8 Å². The van der Waals surface area contributed by atoms with Gasteiger partial charge in [0.1, 0.15) is 0 Å². The van der Waals surface area contributed by atoms with Crippen LogP contribution in [0.3, 0.4) is 0 Å². The molecule has 5 heteroatoms. The molecule has 1 saturated heterocycles. The second kappa shape index (κ2) is 5.04. The maximum absolute atomic E-state index is 12.1. The lowest BCUT2D eigenvalue weighted by molar-refractivity contribution is -0.128. The fraction of sp³-hybridized carbons (Fsp3) is 0.833.